The summed E-state index contributed by atoms with van der Waals surface area (Å²) in [7, 11) is 0. The van der Waals surface area contributed by atoms with Gasteiger partial charge >= 0.3 is 6.03 Å². The number of rotatable bonds is 1. The molecule has 0 saturated carbocycles. The van der Waals surface area contributed by atoms with Gasteiger partial charge in [-0.25, -0.2) is 14.9 Å². The molecule has 62 valence electrons. The van der Waals surface area contributed by atoms with Crippen molar-refractivity contribution in [2.75, 3.05) is 0 Å². The average molecular weight is 160 g/mol. The predicted molar refractivity (Wildman–Crippen MR) is 33.3 cm³/mol. The smallest absolute Gasteiger partial charge is 0.309 e. The molecule has 3 amide bonds. The highest BCUT2D eigenvalue weighted by Gasteiger charge is 2.32. The molecule has 1 unspecified atom stereocenters. The Morgan fingerprint density at radius 3 is 2.73 bits per heavy atom. The topological polar surface area (TPSA) is 87.7 Å². The van der Waals surface area contributed by atoms with Crippen LogP contribution in [0.5, 0.6) is 0 Å². The summed E-state index contributed by atoms with van der Waals surface area (Å²) in [6.07, 6.45) is -0.948. The molecule has 0 spiro atoms. The number of urea groups is 1. The molecule has 0 aromatic rings. The molecule has 1 heterocycles. The van der Waals surface area contributed by atoms with Gasteiger partial charge in [0.15, 0.2) is 6.23 Å². The Labute approximate surface area is 62.5 Å². The first-order chi connectivity index (χ1) is 5.15. The normalized spacial score (nSPS) is 31.1. The molecule has 0 aliphatic carbocycles. The number of hydrogen-bond donors (Lipinski definition) is 3. The SMILES string of the molecule is CC1C(=O)NC(=O)N[C@@H]1OO. The van der Waals surface area contributed by atoms with Gasteiger partial charge in [0.1, 0.15) is 0 Å². The van der Waals surface area contributed by atoms with E-state index in [9.17, 15) is 9.59 Å². The van der Waals surface area contributed by atoms with Gasteiger partial charge in [-0.15, -0.1) is 0 Å². The van der Waals surface area contributed by atoms with Gasteiger partial charge in [-0.05, 0) is 6.92 Å². The molecule has 11 heavy (non-hydrogen) atoms. The van der Waals surface area contributed by atoms with Crippen molar-refractivity contribution in [3.8, 4) is 0 Å². The summed E-state index contributed by atoms with van der Waals surface area (Å²) in [6, 6.07) is -0.660. The summed E-state index contributed by atoms with van der Waals surface area (Å²) >= 11 is 0. The summed E-state index contributed by atoms with van der Waals surface area (Å²) in [5.41, 5.74) is 0. The lowest BCUT2D eigenvalue weighted by Gasteiger charge is -2.25. The molecule has 6 heteroatoms. The molecule has 1 saturated heterocycles. The molecule has 1 rings (SSSR count). The molecule has 2 atom stereocenters. The van der Waals surface area contributed by atoms with E-state index in [1.165, 1.54) is 6.92 Å². The lowest BCUT2D eigenvalue weighted by atomic mass is 10.1. The second-order valence-electron chi connectivity index (χ2n) is 2.28. The third kappa shape index (κ3) is 1.47. The molecule has 1 aliphatic rings. The predicted octanol–water partition coefficient (Wildman–Crippen LogP) is -0.722. The van der Waals surface area contributed by atoms with E-state index in [-0.39, 0.29) is 0 Å². The van der Waals surface area contributed by atoms with E-state index in [0.29, 0.717) is 0 Å². The van der Waals surface area contributed by atoms with Crippen molar-refractivity contribution < 1.29 is 19.7 Å². The molecular weight excluding hydrogens is 152 g/mol. The molecule has 0 aromatic heterocycles. The first-order valence-electron chi connectivity index (χ1n) is 3.06. The Morgan fingerprint density at radius 2 is 2.18 bits per heavy atom. The van der Waals surface area contributed by atoms with E-state index >= 15 is 0 Å². The van der Waals surface area contributed by atoms with Gasteiger partial charge in [0.2, 0.25) is 5.91 Å². The minimum atomic E-state index is -0.948. The third-order valence-electron chi connectivity index (χ3n) is 1.49. The Bertz CT molecular complexity index is 193. The van der Waals surface area contributed by atoms with Crippen LogP contribution < -0.4 is 10.6 Å². The van der Waals surface area contributed by atoms with E-state index in [2.05, 4.69) is 10.2 Å². The molecule has 3 N–H and O–H groups in total. The molecule has 0 bridgehead atoms. The van der Waals surface area contributed by atoms with E-state index in [1.54, 1.807) is 0 Å². The fourth-order valence-electron chi connectivity index (χ4n) is 0.771. The standard InChI is InChI=1S/C5H8N2O4/c1-2-3(8)6-5(9)7-4(2)11-10/h2,4,10H,1H3,(H2,6,7,8,9)/t2?,4-/m1/s1. The maximum atomic E-state index is 10.8. The van der Waals surface area contributed by atoms with Gasteiger partial charge in [-0.3, -0.25) is 10.1 Å². The Morgan fingerprint density at radius 1 is 1.55 bits per heavy atom. The summed E-state index contributed by atoms with van der Waals surface area (Å²) in [6.45, 7) is 1.52. The second-order valence-corrected chi connectivity index (χ2v) is 2.28. The van der Waals surface area contributed by atoms with Crippen LogP contribution in [0.15, 0.2) is 0 Å². The largest absolute Gasteiger partial charge is 0.323 e. The fraction of sp³-hybridized carbons (Fsp3) is 0.600. The first kappa shape index (κ1) is 7.96. The highest BCUT2D eigenvalue weighted by molar-refractivity contribution is 5.98. The van der Waals surface area contributed by atoms with E-state index < -0.39 is 24.1 Å². The van der Waals surface area contributed by atoms with Crippen LogP contribution in [0, 0.1) is 5.92 Å². The number of hydrogen-bond acceptors (Lipinski definition) is 4. The van der Waals surface area contributed by atoms with Crippen molar-refractivity contribution >= 4 is 11.9 Å². The number of carbonyl (C=O) groups excluding carboxylic acids is 2. The number of amides is 3. The zero-order valence-electron chi connectivity index (χ0n) is 5.83. The highest BCUT2D eigenvalue weighted by atomic mass is 17.1. The summed E-state index contributed by atoms with van der Waals surface area (Å²) in [5.74, 6) is -1.05. The van der Waals surface area contributed by atoms with Crippen LogP contribution in [0.4, 0.5) is 4.79 Å². The van der Waals surface area contributed by atoms with Crippen LogP contribution in [0.25, 0.3) is 0 Å². The Hall–Kier alpha value is -1.14. The Kier molecular flexibility index (Phi) is 2.06. The lowest BCUT2D eigenvalue weighted by molar-refractivity contribution is -0.292. The van der Waals surface area contributed by atoms with Gasteiger partial charge in [0.25, 0.3) is 0 Å². The van der Waals surface area contributed by atoms with Gasteiger partial charge in [0, 0.05) is 0 Å². The van der Waals surface area contributed by atoms with E-state index in [4.69, 9.17) is 5.26 Å². The molecule has 1 fully saturated rings. The van der Waals surface area contributed by atoms with Crippen LogP contribution in [-0.2, 0) is 9.68 Å². The maximum absolute atomic E-state index is 10.8. The molecule has 6 nitrogen and oxygen atoms in total. The van der Waals surface area contributed by atoms with E-state index in [0.717, 1.165) is 0 Å². The number of imide groups is 1. The molecule has 1 aliphatic heterocycles. The summed E-state index contributed by atoms with van der Waals surface area (Å²) < 4.78 is 0. The zero-order valence-corrected chi connectivity index (χ0v) is 5.83. The number of nitrogens with one attached hydrogen (secondary N) is 2. The average Bonchev–Trinajstić information content (AvgIpc) is 1.96. The van der Waals surface area contributed by atoms with Gasteiger partial charge < -0.3 is 5.32 Å². The van der Waals surface area contributed by atoms with Crippen molar-refractivity contribution in [2.45, 2.75) is 13.2 Å². The molecular formula is C5H8N2O4. The van der Waals surface area contributed by atoms with Gasteiger partial charge in [-0.1, -0.05) is 0 Å². The van der Waals surface area contributed by atoms with Gasteiger partial charge in [-0.2, -0.15) is 0 Å². The molecule has 0 radical (unpaired) electrons. The van der Waals surface area contributed by atoms with Gasteiger partial charge in [0.05, 0.1) is 5.92 Å². The number of carbonyl (C=O) groups is 2. The zero-order chi connectivity index (χ0) is 8.43. The van der Waals surface area contributed by atoms with Crippen molar-refractivity contribution in [3.63, 3.8) is 0 Å². The van der Waals surface area contributed by atoms with Crippen molar-refractivity contribution in [2.24, 2.45) is 5.92 Å². The molecule has 0 aromatic carbocycles. The van der Waals surface area contributed by atoms with Crippen molar-refractivity contribution in [1.29, 1.82) is 0 Å². The van der Waals surface area contributed by atoms with Crippen LogP contribution in [-0.4, -0.2) is 23.4 Å². The van der Waals surface area contributed by atoms with Crippen LogP contribution >= 0.6 is 0 Å². The Balaban J connectivity index is 2.66. The minimum absolute atomic E-state index is 0.465. The fourth-order valence-corrected chi connectivity index (χ4v) is 0.771. The van der Waals surface area contributed by atoms with Crippen LogP contribution in [0.3, 0.4) is 0 Å². The maximum Gasteiger partial charge on any atom is 0.323 e. The van der Waals surface area contributed by atoms with Crippen LogP contribution in [0.2, 0.25) is 0 Å². The van der Waals surface area contributed by atoms with E-state index in [1.807, 2.05) is 5.32 Å². The third-order valence-corrected chi connectivity index (χ3v) is 1.49. The second kappa shape index (κ2) is 2.85. The lowest BCUT2D eigenvalue weighted by Crippen LogP contribution is -2.57. The minimum Gasteiger partial charge on any atom is -0.309 e. The summed E-state index contributed by atoms with van der Waals surface area (Å²) in [5, 5.41) is 12.4. The van der Waals surface area contributed by atoms with Crippen molar-refractivity contribution in [3.05, 3.63) is 0 Å². The monoisotopic (exact) mass is 160 g/mol. The first-order valence-corrected chi connectivity index (χ1v) is 3.06. The summed E-state index contributed by atoms with van der Waals surface area (Å²) in [4.78, 5) is 25.2. The quantitative estimate of drug-likeness (QED) is 0.349. The van der Waals surface area contributed by atoms with Crippen LogP contribution in [0.1, 0.15) is 6.92 Å². The van der Waals surface area contributed by atoms with Crippen molar-refractivity contribution in [1.82, 2.24) is 10.6 Å². The highest BCUT2D eigenvalue weighted by Crippen LogP contribution is 2.06.